The van der Waals surface area contributed by atoms with E-state index in [1.54, 1.807) is 13.8 Å². The van der Waals surface area contributed by atoms with E-state index < -0.39 is 19.6 Å². The maximum absolute atomic E-state index is 9.50. The van der Waals surface area contributed by atoms with Crippen LogP contribution in [0.3, 0.4) is 0 Å². The summed E-state index contributed by atoms with van der Waals surface area (Å²) in [6.07, 6.45) is 0. The lowest BCUT2D eigenvalue weighted by Gasteiger charge is -2.23. The lowest BCUT2D eigenvalue weighted by atomic mass is 10.4. The van der Waals surface area contributed by atoms with E-state index >= 15 is 0 Å². The number of aliphatic hydroxyl groups excluding tert-OH is 2. The summed E-state index contributed by atoms with van der Waals surface area (Å²) in [7, 11) is -0.863. The van der Waals surface area contributed by atoms with Crippen molar-refractivity contribution >= 4 is 13.2 Å². The molecule has 0 spiro atoms. The maximum Gasteiger partial charge on any atom is 0.0769 e. The van der Waals surface area contributed by atoms with Crippen molar-refractivity contribution in [3.63, 3.8) is 0 Å². The van der Waals surface area contributed by atoms with Crippen molar-refractivity contribution in [3.8, 4) is 0 Å². The number of benzene rings is 1. The van der Waals surface area contributed by atoms with Crippen molar-refractivity contribution in [3.05, 3.63) is 30.3 Å². The quantitative estimate of drug-likeness (QED) is 0.722. The molecule has 72 valence electrons. The lowest BCUT2D eigenvalue weighted by Crippen LogP contribution is -2.17. The van der Waals surface area contributed by atoms with Crippen LogP contribution in [0.1, 0.15) is 13.8 Å². The molecule has 2 unspecified atom stereocenters. The predicted molar refractivity (Wildman–Crippen MR) is 56.4 cm³/mol. The molecule has 13 heavy (non-hydrogen) atoms. The van der Waals surface area contributed by atoms with Gasteiger partial charge in [0, 0.05) is 0 Å². The highest BCUT2D eigenvalue weighted by Gasteiger charge is 2.21. The Bertz CT molecular complexity index is 238. The van der Waals surface area contributed by atoms with E-state index in [2.05, 4.69) is 0 Å². The van der Waals surface area contributed by atoms with Crippen molar-refractivity contribution < 1.29 is 10.2 Å². The molecular weight excluding hydrogens is 183 g/mol. The Kier molecular flexibility index (Phi) is 3.86. The van der Waals surface area contributed by atoms with Gasteiger partial charge in [-0.2, -0.15) is 0 Å². The summed E-state index contributed by atoms with van der Waals surface area (Å²) >= 11 is 0. The second-order valence-electron chi connectivity index (χ2n) is 3.01. The standard InChI is InChI=1S/C10H15O2P/c1-8(11)13(9(2)12)10-6-4-3-5-7-10/h3-9,11-12H,1-2H3. The van der Waals surface area contributed by atoms with Crippen LogP contribution in [-0.2, 0) is 0 Å². The molecule has 1 aromatic rings. The summed E-state index contributed by atoms with van der Waals surface area (Å²) in [5.74, 6) is -0.921. The number of hydrogen-bond acceptors (Lipinski definition) is 2. The lowest BCUT2D eigenvalue weighted by molar-refractivity contribution is 0.246. The van der Waals surface area contributed by atoms with Gasteiger partial charge < -0.3 is 10.2 Å². The van der Waals surface area contributed by atoms with Crippen LogP contribution >= 0.6 is 7.92 Å². The monoisotopic (exact) mass is 198 g/mol. The van der Waals surface area contributed by atoms with E-state index in [-0.39, 0.29) is 0 Å². The topological polar surface area (TPSA) is 40.5 Å². The minimum absolute atomic E-state index is 0.461. The minimum Gasteiger partial charge on any atom is -0.388 e. The first-order valence-electron chi connectivity index (χ1n) is 4.32. The largest absolute Gasteiger partial charge is 0.388 e. The molecule has 2 nitrogen and oxygen atoms in total. The highest BCUT2D eigenvalue weighted by Crippen LogP contribution is 2.42. The zero-order valence-corrected chi connectivity index (χ0v) is 8.78. The van der Waals surface area contributed by atoms with Gasteiger partial charge in [-0.25, -0.2) is 0 Å². The molecule has 0 bridgehead atoms. The Morgan fingerprint density at radius 3 is 1.85 bits per heavy atom. The summed E-state index contributed by atoms with van der Waals surface area (Å²) in [6, 6.07) is 9.68. The highest BCUT2D eigenvalue weighted by molar-refractivity contribution is 7.66. The fourth-order valence-corrected chi connectivity index (χ4v) is 3.35. The average Bonchev–Trinajstić information content (AvgIpc) is 2.04. The molecular formula is C10H15O2P. The third-order valence-electron chi connectivity index (χ3n) is 1.86. The SMILES string of the molecule is CC(O)P(c1ccccc1)C(C)O. The molecule has 1 aromatic carbocycles. The maximum atomic E-state index is 9.50. The van der Waals surface area contributed by atoms with E-state index in [1.807, 2.05) is 30.3 Å². The summed E-state index contributed by atoms with van der Waals surface area (Å²) in [4.78, 5) is 0. The molecule has 3 heteroatoms. The second-order valence-corrected chi connectivity index (χ2v) is 5.83. The van der Waals surface area contributed by atoms with Crippen LogP contribution in [0.2, 0.25) is 0 Å². The predicted octanol–water partition coefficient (Wildman–Crippen LogP) is 1.47. The highest BCUT2D eigenvalue weighted by atomic mass is 31.1. The zero-order chi connectivity index (χ0) is 9.84. The molecule has 1 rings (SSSR count). The van der Waals surface area contributed by atoms with Crippen LogP contribution in [0.15, 0.2) is 30.3 Å². The van der Waals surface area contributed by atoms with Crippen LogP contribution in [0.4, 0.5) is 0 Å². The van der Waals surface area contributed by atoms with Crippen molar-refractivity contribution in [2.75, 3.05) is 0 Å². The first-order chi connectivity index (χ1) is 6.13. The van der Waals surface area contributed by atoms with Gasteiger partial charge in [-0.1, -0.05) is 30.3 Å². The summed E-state index contributed by atoms with van der Waals surface area (Å²) in [6.45, 7) is 3.46. The molecule has 0 aliphatic heterocycles. The Hall–Kier alpha value is -0.430. The Labute approximate surface area is 80.0 Å². The first-order valence-corrected chi connectivity index (χ1v) is 5.80. The molecule has 0 aromatic heterocycles. The fourth-order valence-electron chi connectivity index (χ4n) is 1.34. The molecule has 0 aliphatic carbocycles. The second kappa shape index (κ2) is 4.71. The van der Waals surface area contributed by atoms with Gasteiger partial charge in [-0.3, -0.25) is 0 Å². The van der Waals surface area contributed by atoms with Crippen molar-refractivity contribution in [1.29, 1.82) is 0 Å². The van der Waals surface area contributed by atoms with Crippen LogP contribution in [0, 0.1) is 0 Å². The minimum atomic E-state index is -0.863. The van der Waals surface area contributed by atoms with Gasteiger partial charge in [0.15, 0.2) is 0 Å². The van der Waals surface area contributed by atoms with Crippen LogP contribution in [0.25, 0.3) is 0 Å². The Morgan fingerprint density at radius 2 is 1.46 bits per heavy atom. The van der Waals surface area contributed by atoms with Gasteiger partial charge in [0.1, 0.15) is 0 Å². The zero-order valence-electron chi connectivity index (χ0n) is 7.88. The average molecular weight is 198 g/mol. The fraction of sp³-hybridized carbons (Fsp3) is 0.400. The van der Waals surface area contributed by atoms with E-state index in [0.717, 1.165) is 5.30 Å². The molecule has 0 saturated carbocycles. The smallest absolute Gasteiger partial charge is 0.0769 e. The number of aliphatic hydroxyl groups is 2. The van der Waals surface area contributed by atoms with Gasteiger partial charge in [0.05, 0.1) is 11.7 Å². The molecule has 0 radical (unpaired) electrons. The van der Waals surface area contributed by atoms with E-state index in [1.165, 1.54) is 0 Å². The molecule has 0 amide bonds. The van der Waals surface area contributed by atoms with E-state index in [0.29, 0.717) is 0 Å². The molecule has 0 fully saturated rings. The third kappa shape index (κ3) is 2.77. The van der Waals surface area contributed by atoms with E-state index in [9.17, 15) is 10.2 Å². The Balaban J connectivity index is 2.89. The van der Waals surface area contributed by atoms with Crippen molar-refractivity contribution in [2.24, 2.45) is 0 Å². The van der Waals surface area contributed by atoms with Gasteiger partial charge in [-0.15, -0.1) is 0 Å². The number of rotatable bonds is 3. The van der Waals surface area contributed by atoms with Crippen molar-refractivity contribution in [2.45, 2.75) is 25.5 Å². The number of hydrogen-bond donors (Lipinski definition) is 2. The van der Waals surface area contributed by atoms with E-state index in [4.69, 9.17) is 0 Å². The van der Waals surface area contributed by atoms with Crippen LogP contribution < -0.4 is 5.30 Å². The van der Waals surface area contributed by atoms with Gasteiger partial charge >= 0.3 is 0 Å². The van der Waals surface area contributed by atoms with Crippen molar-refractivity contribution in [1.82, 2.24) is 0 Å². The normalized spacial score (nSPS) is 17.8. The Morgan fingerprint density at radius 1 is 1.00 bits per heavy atom. The molecule has 2 N–H and O–H groups in total. The van der Waals surface area contributed by atoms with Gasteiger partial charge in [0.2, 0.25) is 0 Å². The molecule has 2 atom stereocenters. The van der Waals surface area contributed by atoms with Gasteiger partial charge in [-0.05, 0) is 27.1 Å². The summed E-state index contributed by atoms with van der Waals surface area (Å²) in [5, 5.41) is 20.1. The van der Waals surface area contributed by atoms with Crippen LogP contribution in [0.5, 0.6) is 0 Å². The van der Waals surface area contributed by atoms with Gasteiger partial charge in [0.25, 0.3) is 0 Å². The molecule has 0 heterocycles. The third-order valence-corrected chi connectivity index (χ3v) is 4.36. The summed E-state index contributed by atoms with van der Waals surface area (Å²) < 4.78 is 0. The molecule has 0 aliphatic rings. The van der Waals surface area contributed by atoms with Crippen LogP contribution in [-0.4, -0.2) is 21.9 Å². The molecule has 0 saturated heterocycles. The summed E-state index contributed by atoms with van der Waals surface area (Å²) in [5.41, 5.74) is 0. The first kappa shape index (κ1) is 10.6.